The van der Waals surface area contributed by atoms with E-state index in [2.05, 4.69) is 10.6 Å². The number of nitrogens with one attached hydrogen (secondary N) is 2. The van der Waals surface area contributed by atoms with E-state index in [1.165, 1.54) is 0 Å². The van der Waals surface area contributed by atoms with E-state index in [4.69, 9.17) is 14.2 Å². The van der Waals surface area contributed by atoms with Crippen molar-refractivity contribution in [2.24, 2.45) is 0 Å². The van der Waals surface area contributed by atoms with Crippen LogP contribution < -0.4 is 20.1 Å². The second kappa shape index (κ2) is 9.50. The third-order valence-electron chi connectivity index (χ3n) is 3.18. The molecule has 1 aromatic rings. The first-order chi connectivity index (χ1) is 10.2. The van der Waals surface area contributed by atoms with Crippen LogP contribution in [0.15, 0.2) is 18.2 Å². The maximum Gasteiger partial charge on any atom is 0.226 e. The smallest absolute Gasteiger partial charge is 0.226 e. The second-order valence-corrected chi connectivity index (χ2v) is 4.78. The van der Waals surface area contributed by atoms with E-state index in [-0.39, 0.29) is 24.4 Å². The number of ether oxygens (including phenoxy) is 3. The molecule has 124 valence electrons. The SMILES string of the molecule is CCOc1cc(NC(=O)CC2COCCN2)ccc1OC.Cl. The van der Waals surface area contributed by atoms with E-state index in [0.29, 0.717) is 43.4 Å². The predicted molar refractivity (Wildman–Crippen MR) is 87.3 cm³/mol. The van der Waals surface area contributed by atoms with E-state index in [0.717, 1.165) is 6.54 Å². The van der Waals surface area contributed by atoms with Gasteiger partial charge in [-0.15, -0.1) is 12.4 Å². The highest BCUT2D eigenvalue weighted by atomic mass is 35.5. The minimum absolute atomic E-state index is 0. The first-order valence-electron chi connectivity index (χ1n) is 7.14. The van der Waals surface area contributed by atoms with Crippen molar-refractivity contribution in [2.45, 2.75) is 19.4 Å². The molecule has 22 heavy (non-hydrogen) atoms. The number of benzene rings is 1. The van der Waals surface area contributed by atoms with Crippen LogP contribution in [0.25, 0.3) is 0 Å². The third kappa shape index (κ3) is 5.36. The number of hydrogen-bond acceptors (Lipinski definition) is 5. The van der Waals surface area contributed by atoms with Crippen LogP contribution in [-0.4, -0.2) is 45.4 Å². The van der Waals surface area contributed by atoms with Crippen LogP contribution in [0.3, 0.4) is 0 Å². The number of halogens is 1. The molecule has 1 aliphatic rings. The summed E-state index contributed by atoms with van der Waals surface area (Å²) in [4.78, 5) is 12.0. The summed E-state index contributed by atoms with van der Waals surface area (Å²) in [5.74, 6) is 1.22. The van der Waals surface area contributed by atoms with Crippen molar-refractivity contribution in [3.63, 3.8) is 0 Å². The topological polar surface area (TPSA) is 68.8 Å². The van der Waals surface area contributed by atoms with Crippen LogP contribution in [-0.2, 0) is 9.53 Å². The van der Waals surface area contributed by atoms with Gasteiger partial charge in [-0.3, -0.25) is 4.79 Å². The Morgan fingerprint density at radius 3 is 2.91 bits per heavy atom. The summed E-state index contributed by atoms with van der Waals surface area (Å²) in [5, 5.41) is 6.12. The van der Waals surface area contributed by atoms with Crippen molar-refractivity contribution in [3.05, 3.63) is 18.2 Å². The van der Waals surface area contributed by atoms with Crippen molar-refractivity contribution >= 4 is 24.0 Å². The predicted octanol–water partition coefficient (Wildman–Crippen LogP) is 1.83. The van der Waals surface area contributed by atoms with Gasteiger partial charge in [0.15, 0.2) is 11.5 Å². The van der Waals surface area contributed by atoms with Gasteiger partial charge >= 0.3 is 0 Å². The standard InChI is InChI=1S/C15H22N2O4.ClH/c1-3-21-14-8-11(4-5-13(14)19-2)17-15(18)9-12-10-20-7-6-16-12;/h4-5,8,12,16H,3,6-7,9-10H2,1-2H3,(H,17,18);1H. The molecular weight excluding hydrogens is 308 g/mol. The molecule has 0 spiro atoms. The molecule has 1 atom stereocenters. The average Bonchev–Trinajstić information content (AvgIpc) is 2.49. The largest absolute Gasteiger partial charge is 0.493 e. The average molecular weight is 331 g/mol. The molecule has 0 bridgehead atoms. The number of rotatable bonds is 6. The summed E-state index contributed by atoms with van der Waals surface area (Å²) >= 11 is 0. The first kappa shape index (κ1) is 18.5. The molecule has 2 rings (SSSR count). The lowest BCUT2D eigenvalue weighted by molar-refractivity contribution is -0.117. The summed E-state index contributed by atoms with van der Waals surface area (Å²) in [6.07, 6.45) is 0.385. The molecule has 6 nitrogen and oxygen atoms in total. The summed E-state index contributed by atoms with van der Waals surface area (Å²) in [5.41, 5.74) is 0.695. The fourth-order valence-corrected chi connectivity index (χ4v) is 2.21. The van der Waals surface area contributed by atoms with Gasteiger partial charge in [-0.25, -0.2) is 0 Å². The Morgan fingerprint density at radius 1 is 1.45 bits per heavy atom. The zero-order valence-corrected chi connectivity index (χ0v) is 13.7. The van der Waals surface area contributed by atoms with Crippen LogP contribution in [0.2, 0.25) is 0 Å². The maximum atomic E-state index is 12.0. The number of carbonyl (C=O) groups excluding carboxylic acids is 1. The number of methoxy groups -OCH3 is 1. The van der Waals surface area contributed by atoms with Crippen LogP contribution >= 0.6 is 12.4 Å². The van der Waals surface area contributed by atoms with Crippen LogP contribution in [0.5, 0.6) is 11.5 Å². The molecule has 1 amide bonds. The molecule has 1 aliphatic heterocycles. The van der Waals surface area contributed by atoms with Gasteiger partial charge in [-0.05, 0) is 19.1 Å². The van der Waals surface area contributed by atoms with E-state index in [9.17, 15) is 4.79 Å². The molecule has 2 N–H and O–H groups in total. The van der Waals surface area contributed by atoms with Crippen LogP contribution in [0.4, 0.5) is 5.69 Å². The molecule has 0 aliphatic carbocycles. The van der Waals surface area contributed by atoms with E-state index >= 15 is 0 Å². The second-order valence-electron chi connectivity index (χ2n) is 4.78. The first-order valence-corrected chi connectivity index (χ1v) is 7.14. The highest BCUT2D eigenvalue weighted by Gasteiger charge is 2.17. The lowest BCUT2D eigenvalue weighted by atomic mass is 10.2. The Hall–Kier alpha value is -1.50. The monoisotopic (exact) mass is 330 g/mol. The van der Waals surface area contributed by atoms with Crippen molar-refractivity contribution < 1.29 is 19.0 Å². The van der Waals surface area contributed by atoms with E-state index < -0.39 is 0 Å². The number of amides is 1. The van der Waals surface area contributed by atoms with E-state index in [1.54, 1.807) is 25.3 Å². The Morgan fingerprint density at radius 2 is 2.27 bits per heavy atom. The lowest BCUT2D eigenvalue weighted by Crippen LogP contribution is -2.43. The molecule has 1 heterocycles. The van der Waals surface area contributed by atoms with Crippen LogP contribution in [0, 0.1) is 0 Å². The highest BCUT2D eigenvalue weighted by Crippen LogP contribution is 2.30. The van der Waals surface area contributed by atoms with Crippen molar-refractivity contribution in [3.8, 4) is 11.5 Å². The minimum atomic E-state index is -0.0504. The van der Waals surface area contributed by atoms with Crippen molar-refractivity contribution in [1.82, 2.24) is 5.32 Å². The molecule has 0 radical (unpaired) electrons. The molecule has 0 saturated carbocycles. The zero-order valence-electron chi connectivity index (χ0n) is 12.9. The summed E-state index contributed by atoms with van der Waals surface area (Å²) in [6.45, 7) is 4.50. The number of anilines is 1. The maximum absolute atomic E-state index is 12.0. The van der Waals surface area contributed by atoms with Gasteiger partial charge in [0, 0.05) is 30.8 Å². The molecule has 0 aromatic heterocycles. The van der Waals surface area contributed by atoms with Crippen LogP contribution in [0.1, 0.15) is 13.3 Å². The summed E-state index contributed by atoms with van der Waals surface area (Å²) < 4.78 is 16.0. The van der Waals surface area contributed by atoms with Gasteiger partial charge in [0.2, 0.25) is 5.91 Å². The molecule has 1 unspecified atom stereocenters. The Kier molecular flexibility index (Phi) is 8.01. The Balaban J connectivity index is 0.00000242. The fourth-order valence-electron chi connectivity index (χ4n) is 2.21. The molecule has 1 fully saturated rings. The van der Waals surface area contributed by atoms with Gasteiger partial charge in [0.25, 0.3) is 0 Å². The third-order valence-corrected chi connectivity index (χ3v) is 3.18. The van der Waals surface area contributed by atoms with Gasteiger partial charge in [-0.2, -0.15) is 0 Å². The fraction of sp³-hybridized carbons (Fsp3) is 0.533. The molecular formula is C15H23ClN2O4. The Bertz CT molecular complexity index is 479. The van der Waals surface area contributed by atoms with Gasteiger partial charge in [0.1, 0.15) is 0 Å². The van der Waals surface area contributed by atoms with Crippen molar-refractivity contribution in [2.75, 3.05) is 38.8 Å². The lowest BCUT2D eigenvalue weighted by Gasteiger charge is -2.23. The summed E-state index contributed by atoms with van der Waals surface area (Å²) in [6, 6.07) is 5.42. The minimum Gasteiger partial charge on any atom is -0.493 e. The number of hydrogen-bond donors (Lipinski definition) is 2. The molecule has 1 saturated heterocycles. The van der Waals surface area contributed by atoms with Gasteiger partial charge < -0.3 is 24.8 Å². The van der Waals surface area contributed by atoms with E-state index in [1.807, 2.05) is 6.92 Å². The molecule has 7 heteroatoms. The highest BCUT2D eigenvalue weighted by molar-refractivity contribution is 5.91. The number of morpholine rings is 1. The normalized spacial score (nSPS) is 17.3. The zero-order chi connectivity index (χ0) is 15.1. The summed E-state index contributed by atoms with van der Waals surface area (Å²) in [7, 11) is 1.59. The number of carbonyl (C=O) groups is 1. The quantitative estimate of drug-likeness (QED) is 0.833. The molecule has 1 aromatic carbocycles. The Labute approximate surface area is 136 Å². The van der Waals surface area contributed by atoms with Crippen molar-refractivity contribution in [1.29, 1.82) is 0 Å². The van der Waals surface area contributed by atoms with Gasteiger partial charge in [0.05, 0.1) is 26.9 Å². The van der Waals surface area contributed by atoms with Gasteiger partial charge in [-0.1, -0.05) is 0 Å².